The number of halogens is 1. The third-order valence-corrected chi connectivity index (χ3v) is 8.70. The van der Waals surface area contributed by atoms with Gasteiger partial charge in [0, 0.05) is 17.4 Å². The topological polar surface area (TPSA) is 230 Å². The Bertz CT molecular complexity index is 1670. The fourth-order valence-electron chi connectivity index (χ4n) is 4.36. The normalized spacial score (nSPS) is 19.5. The minimum absolute atomic E-state index is 0.00554. The van der Waals surface area contributed by atoms with Crippen LogP contribution in [0.1, 0.15) is 12.6 Å². The molecule has 0 aromatic carbocycles. The summed E-state index contributed by atoms with van der Waals surface area (Å²) in [7, 11) is 0. The van der Waals surface area contributed by atoms with E-state index >= 15 is 0 Å². The average molecular weight is 622 g/mol. The van der Waals surface area contributed by atoms with Gasteiger partial charge in [0.2, 0.25) is 11.6 Å². The van der Waals surface area contributed by atoms with Gasteiger partial charge in [0.15, 0.2) is 23.6 Å². The number of rotatable bonds is 9. The number of aromatic nitrogens is 3. The highest BCUT2D eigenvalue weighted by Gasteiger charge is 2.55. The summed E-state index contributed by atoms with van der Waals surface area (Å²) in [6, 6.07) is 4.25. The first kappa shape index (κ1) is 28.2. The average Bonchev–Trinajstić information content (AvgIpc) is 3.47. The van der Waals surface area contributed by atoms with Crippen molar-refractivity contribution in [2.24, 2.45) is 5.16 Å². The number of β-lactam (4-membered cyclic amide) rings is 1. The maximum atomic E-state index is 13.2. The molecule has 0 bridgehead atoms. The van der Waals surface area contributed by atoms with Crippen LogP contribution in [-0.2, 0) is 30.6 Å². The maximum absolute atomic E-state index is 13.2. The fraction of sp³-hybridized carbons (Fsp3) is 0.261. The molecule has 41 heavy (non-hydrogen) atoms. The summed E-state index contributed by atoms with van der Waals surface area (Å²) in [5.74, 6) is -3.49. The van der Waals surface area contributed by atoms with Crippen LogP contribution in [0.2, 0.25) is 4.34 Å². The molecule has 5 heterocycles. The molecule has 2 amide bonds. The Morgan fingerprint density at radius 2 is 2.15 bits per heavy atom. The molecule has 1 fully saturated rings. The molecule has 1 saturated heterocycles. The maximum Gasteiger partial charge on any atom is 0.352 e. The number of aromatic amines is 1. The van der Waals surface area contributed by atoms with Gasteiger partial charge in [-0.2, -0.15) is 4.57 Å². The number of nitrogens with zero attached hydrogens (tertiary/aromatic N) is 4. The first-order chi connectivity index (χ1) is 19.5. The van der Waals surface area contributed by atoms with Gasteiger partial charge in [-0.15, -0.1) is 11.8 Å². The van der Waals surface area contributed by atoms with Crippen LogP contribution in [0.3, 0.4) is 0 Å². The molecule has 1 unspecified atom stereocenters. The number of nitrogens with two attached hydrogens (primary N) is 2. The summed E-state index contributed by atoms with van der Waals surface area (Å²) in [6.07, 6.45) is 0.375. The number of carbonyl (C=O) groups excluding carboxylic acids is 2. The SMILES string of the molecule is C[C@H](ON=C(C(=O)NC1C(=O)N2C(C(=O)O)=C(C[n+]3cccc4[nH]c(N)cc43)CS[C@H]12)c1nc(N)sc1Cl)C(=O)O. The Hall–Kier alpha value is -4.35. The lowest BCUT2D eigenvalue weighted by molar-refractivity contribution is -0.663. The number of nitrogen functional groups attached to an aromatic ring is 2. The molecule has 0 spiro atoms. The predicted molar refractivity (Wildman–Crippen MR) is 149 cm³/mol. The number of thioether (sulfide) groups is 1. The number of aliphatic carboxylic acids is 2. The lowest BCUT2D eigenvalue weighted by Gasteiger charge is -2.49. The van der Waals surface area contributed by atoms with Crippen LogP contribution in [0, 0.1) is 0 Å². The Morgan fingerprint density at radius 3 is 2.80 bits per heavy atom. The number of fused-ring (bicyclic) bond motifs is 2. The molecule has 214 valence electrons. The highest BCUT2D eigenvalue weighted by molar-refractivity contribution is 8.00. The van der Waals surface area contributed by atoms with E-state index in [0.717, 1.165) is 27.3 Å². The summed E-state index contributed by atoms with van der Waals surface area (Å²) >= 11 is 8.28. The van der Waals surface area contributed by atoms with Gasteiger partial charge < -0.3 is 36.8 Å². The zero-order valence-electron chi connectivity index (χ0n) is 21.0. The molecule has 2 aliphatic heterocycles. The van der Waals surface area contributed by atoms with Crippen LogP contribution in [0.4, 0.5) is 10.9 Å². The molecule has 3 aromatic heterocycles. The van der Waals surface area contributed by atoms with Crippen molar-refractivity contribution in [3.63, 3.8) is 0 Å². The van der Waals surface area contributed by atoms with Crippen molar-refractivity contribution >= 4 is 86.1 Å². The zero-order chi connectivity index (χ0) is 29.6. The number of pyridine rings is 1. The van der Waals surface area contributed by atoms with E-state index in [1.54, 1.807) is 18.3 Å². The second kappa shape index (κ2) is 10.9. The van der Waals surface area contributed by atoms with Crippen molar-refractivity contribution in [2.75, 3.05) is 17.2 Å². The zero-order valence-corrected chi connectivity index (χ0v) is 23.4. The molecular weight excluding hydrogens is 600 g/mol. The van der Waals surface area contributed by atoms with E-state index in [9.17, 15) is 24.3 Å². The van der Waals surface area contributed by atoms with Gasteiger partial charge in [-0.05, 0) is 13.0 Å². The summed E-state index contributed by atoms with van der Waals surface area (Å²) < 4.78 is 1.82. The molecular formula is C23H22ClN8O7S2+. The van der Waals surface area contributed by atoms with Gasteiger partial charge in [0.05, 0.1) is 6.07 Å². The van der Waals surface area contributed by atoms with Crippen LogP contribution in [0.25, 0.3) is 11.0 Å². The number of carboxylic acids is 2. The largest absolute Gasteiger partial charge is 0.478 e. The first-order valence-electron chi connectivity index (χ1n) is 11.8. The number of hydrogen-bond acceptors (Lipinski definition) is 11. The van der Waals surface area contributed by atoms with Gasteiger partial charge in [0.1, 0.15) is 38.5 Å². The van der Waals surface area contributed by atoms with Crippen molar-refractivity contribution < 1.29 is 38.8 Å². The second-order valence-corrected chi connectivity index (χ2v) is 11.7. The molecule has 0 radical (unpaired) electrons. The molecule has 8 N–H and O–H groups in total. The number of anilines is 2. The summed E-state index contributed by atoms with van der Waals surface area (Å²) in [4.78, 5) is 62.9. The van der Waals surface area contributed by atoms with Crippen LogP contribution < -0.4 is 21.4 Å². The van der Waals surface area contributed by atoms with Gasteiger partial charge in [-0.1, -0.05) is 28.1 Å². The van der Waals surface area contributed by atoms with Crippen molar-refractivity contribution in [2.45, 2.75) is 31.0 Å². The molecule has 3 atom stereocenters. The monoisotopic (exact) mass is 621 g/mol. The summed E-state index contributed by atoms with van der Waals surface area (Å²) in [6.45, 7) is 1.39. The van der Waals surface area contributed by atoms with E-state index < -0.39 is 47.0 Å². The molecule has 15 nitrogen and oxygen atoms in total. The number of H-pyrrole nitrogens is 1. The van der Waals surface area contributed by atoms with Crippen LogP contribution in [0.5, 0.6) is 0 Å². The van der Waals surface area contributed by atoms with Gasteiger partial charge in [0.25, 0.3) is 11.8 Å². The third-order valence-electron chi connectivity index (χ3n) is 6.27. The number of oxime groups is 1. The number of nitrogens with one attached hydrogen (secondary N) is 2. The molecule has 18 heteroatoms. The van der Waals surface area contributed by atoms with Crippen LogP contribution in [-0.4, -0.2) is 77.8 Å². The molecule has 2 aliphatic rings. The standard InChI is InChI=1S/C23H21ClN8O7S2/c1-8(21(35)36)39-30-14(13-17(24)41-23(26)29-13)18(33)28-15-19(34)32-16(22(37)38)9(7-40-20(15)32)6-31-4-2-3-10-11(31)5-12(25)27-10/h2-5,8,15,20H,6-7H2,1H3,(H7,25,26,27,28,29,33,35,36,37,38)/p+1/t8-,15?,20+/m0/s1. The Morgan fingerprint density at radius 1 is 1.39 bits per heavy atom. The highest BCUT2D eigenvalue weighted by Crippen LogP contribution is 2.40. The minimum atomic E-state index is -1.41. The van der Waals surface area contributed by atoms with E-state index in [4.69, 9.17) is 33.0 Å². The number of carboxylic acid groups (broad SMARTS) is 2. The lowest BCUT2D eigenvalue weighted by atomic mass is 10.0. The van der Waals surface area contributed by atoms with E-state index in [1.165, 1.54) is 18.7 Å². The summed E-state index contributed by atoms with van der Waals surface area (Å²) in [5, 5.41) is 24.6. The predicted octanol–water partition coefficient (Wildman–Crippen LogP) is 0.362. The van der Waals surface area contributed by atoms with Crippen LogP contribution >= 0.6 is 34.7 Å². The second-order valence-electron chi connectivity index (χ2n) is 8.98. The Kier molecular flexibility index (Phi) is 7.50. The molecule has 5 rings (SSSR count). The molecule has 0 saturated carbocycles. The van der Waals surface area contributed by atoms with Crippen LogP contribution in [0.15, 0.2) is 40.8 Å². The van der Waals surface area contributed by atoms with Gasteiger partial charge >= 0.3 is 11.9 Å². The number of thiazole rings is 1. The van der Waals surface area contributed by atoms with Crippen molar-refractivity contribution in [3.8, 4) is 0 Å². The highest BCUT2D eigenvalue weighted by atomic mass is 35.5. The minimum Gasteiger partial charge on any atom is -0.478 e. The lowest BCUT2D eigenvalue weighted by Crippen LogP contribution is -2.71. The van der Waals surface area contributed by atoms with Gasteiger partial charge in [-0.3, -0.25) is 14.5 Å². The quantitative estimate of drug-likeness (QED) is 0.0826. The van der Waals surface area contributed by atoms with Crippen molar-refractivity contribution in [3.05, 3.63) is 45.7 Å². The van der Waals surface area contributed by atoms with Crippen molar-refractivity contribution in [1.82, 2.24) is 20.2 Å². The third kappa shape index (κ3) is 5.25. The van der Waals surface area contributed by atoms with E-state index in [2.05, 4.69) is 20.4 Å². The van der Waals surface area contributed by atoms with E-state index in [1.807, 2.05) is 10.6 Å². The Labute approximate surface area is 243 Å². The molecule has 3 aromatic rings. The van der Waals surface area contributed by atoms with E-state index in [0.29, 0.717) is 11.4 Å². The fourth-order valence-corrected chi connectivity index (χ4v) is 6.62. The van der Waals surface area contributed by atoms with E-state index in [-0.39, 0.29) is 33.2 Å². The first-order valence-corrected chi connectivity index (χ1v) is 14.1. The number of carbonyl (C=O) groups is 4. The molecule has 0 aliphatic carbocycles. The smallest absolute Gasteiger partial charge is 0.352 e. The summed E-state index contributed by atoms with van der Waals surface area (Å²) in [5.41, 5.74) is 12.8. The van der Waals surface area contributed by atoms with Gasteiger partial charge in [-0.25, -0.2) is 14.6 Å². The number of amides is 2. The number of hydrogen-bond donors (Lipinski definition) is 6. The van der Waals surface area contributed by atoms with Crippen molar-refractivity contribution in [1.29, 1.82) is 0 Å². The Balaban J connectivity index is 1.39.